The molecule has 0 bridgehead atoms. The summed E-state index contributed by atoms with van der Waals surface area (Å²) in [4.78, 5) is 10.0. The summed E-state index contributed by atoms with van der Waals surface area (Å²) in [5.41, 5.74) is 0.278. The van der Waals surface area contributed by atoms with Gasteiger partial charge in [0.15, 0.2) is 0 Å². The van der Waals surface area contributed by atoms with Crippen molar-refractivity contribution in [3.63, 3.8) is 0 Å². The Kier molecular flexibility index (Phi) is 3.83. The number of halogens is 1. The van der Waals surface area contributed by atoms with Gasteiger partial charge in [-0.2, -0.15) is 11.8 Å². The van der Waals surface area contributed by atoms with E-state index in [4.69, 9.17) is 0 Å². The number of nitrogens with zero attached hydrogens (tertiary/aromatic N) is 1. The van der Waals surface area contributed by atoms with Gasteiger partial charge in [0.25, 0.3) is 5.69 Å². The Labute approximate surface area is 103 Å². The quantitative estimate of drug-likeness (QED) is 0.667. The van der Waals surface area contributed by atoms with E-state index in [0.717, 1.165) is 30.4 Å². The summed E-state index contributed by atoms with van der Waals surface area (Å²) < 4.78 is 13.2. The van der Waals surface area contributed by atoms with Crippen molar-refractivity contribution in [2.24, 2.45) is 0 Å². The van der Waals surface area contributed by atoms with E-state index in [9.17, 15) is 14.5 Å². The molecule has 1 N–H and O–H groups in total. The van der Waals surface area contributed by atoms with Gasteiger partial charge in [-0.3, -0.25) is 10.1 Å². The lowest BCUT2D eigenvalue weighted by molar-refractivity contribution is -0.385. The normalized spacial score (nSPS) is 19.9. The van der Waals surface area contributed by atoms with E-state index < -0.39 is 10.7 Å². The number of anilines is 1. The first-order valence-corrected chi connectivity index (χ1v) is 6.60. The van der Waals surface area contributed by atoms with Crippen molar-refractivity contribution < 1.29 is 9.31 Å². The summed E-state index contributed by atoms with van der Waals surface area (Å²) in [5.74, 6) is 1.54. The Morgan fingerprint density at radius 3 is 2.94 bits per heavy atom. The fourth-order valence-corrected chi connectivity index (χ4v) is 2.93. The van der Waals surface area contributed by atoms with Crippen molar-refractivity contribution in [2.45, 2.75) is 18.9 Å². The molecule has 4 nitrogen and oxygen atoms in total. The van der Waals surface area contributed by atoms with E-state index in [0.29, 0.717) is 5.69 Å². The molecule has 17 heavy (non-hydrogen) atoms. The van der Waals surface area contributed by atoms with Gasteiger partial charge in [-0.05, 0) is 24.7 Å². The van der Waals surface area contributed by atoms with Crippen LogP contribution < -0.4 is 5.32 Å². The number of non-ortho nitro benzene ring substituents is 1. The van der Waals surface area contributed by atoms with Gasteiger partial charge in [0.05, 0.1) is 11.0 Å². The summed E-state index contributed by atoms with van der Waals surface area (Å²) in [6.45, 7) is 0. The number of hydrogen-bond acceptors (Lipinski definition) is 4. The Balaban J connectivity index is 2.11. The van der Waals surface area contributed by atoms with Crippen LogP contribution in [0.5, 0.6) is 0 Å². The Hall–Kier alpha value is -1.30. The first-order valence-electron chi connectivity index (χ1n) is 5.44. The zero-order valence-corrected chi connectivity index (χ0v) is 10.0. The lowest BCUT2D eigenvalue weighted by Gasteiger charge is -2.23. The Morgan fingerprint density at radius 1 is 1.47 bits per heavy atom. The number of nitro benzene ring substituents is 1. The highest BCUT2D eigenvalue weighted by Gasteiger charge is 2.15. The molecule has 0 spiro atoms. The van der Waals surface area contributed by atoms with Crippen molar-refractivity contribution in [1.29, 1.82) is 0 Å². The molecule has 92 valence electrons. The highest BCUT2D eigenvalue weighted by molar-refractivity contribution is 7.99. The molecular weight excluding hydrogens is 243 g/mol. The number of hydrogen-bond donors (Lipinski definition) is 1. The average Bonchev–Trinajstić information content (AvgIpc) is 2.29. The van der Waals surface area contributed by atoms with Gasteiger partial charge in [0, 0.05) is 23.5 Å². The van der Waals surface area contributed by atoms with Gasteiger partial charge >= 0.3 is 0 Å². The molecule has 1 aliphatic rings. The van der Waals surface area contributed by atoms with Gasteiger partial charge in [-0.15, -0.1) is 0 Å². The minimum absolute atomic E-state index is 0.212. The highest BCUT2D eigenvalue weighted by atomic mass is 32.2. The van der Waals surface area contributed by atoms with Crippen molar-refractivity contribution in [2.75, 3.05) is 16.8 Å². The third-order valence-corrected chi connectivity index (χ3v) is 3.84. The number of nitro groups is 1. The predicted molar refractivity (Wildman–Crippen MR) is 67.0 cm³/mol. The Bertz CT molecular complexity index is 422. The van der Waals surface area contributed by atoms with Crippen LogP contribution in [0.1, 0.15) is 12.8 Å². The minimum atomic E-state index is -0.579. The first-order chi connectivity index (χ1) is 8.15. The third kappa shape index (κ3) is 3.33. The molecule has 0 aliphatic carbocycles. The zero-order chi connectivity index (χ0) is 12.3. The standard InChI is InChI=1S/C11H13FN2O2S/c12-8-4-10(6-11(5-8)14(15)16)13-9-2-1-3-17-7-9/h4-6,9,13H,1-3,7H2. The van der Waals surface area contributed by atoms with Gasteiger partial charge in [-0.1, -0.05) is 0 Å². The van der Waals surface area contributed by atoms with E-state index in [2.05, 4.69) is 5.32 Å². The molecule has 0 saturated carbocycles. The van der Waals surface area contributed by atoms with Gasteiger partial charge in [-0.25, -0.2) is 4.39 Å². The van der Waals surface area contributed by atoms with Crippen LogP contribution in [0.3, 0.4) is 0 Å². The summed E-state index contributed by atoms with van der Waals surface area (Å²) in [5, 5.41) is 13.8. The van der Waals surface area contributed by atoms with Crippen molar-refractivity contribution >= 4 is 23.1 Å². The number of benzene rings is 1. The molecule has 1 saturated heterocycles. The Morgan fingerprint density at radius 2 is 2.29 bits per heavy atom. The third-order valence-electron chi connectivity index (χ3n) is 2.62. The molecule has 0 radical (unpaired) electrons. The smallest absolute Gasteiger partial charge is 0.274 e. The van der Waals surface area contributed by atoms with Crippen molar-refractivity contribution in [3.8, 4) is 0 Å². The lowest BCUT2D eigenvalue weighted by atomic mass is 10.1. The van der Waals surface area contributed by atoms with Crippen LogP contribution in [0.4, 0.5) is 15.8 Å². The highest BCUT2D eigenvalue weighted by Crippen LogP contribution is 2.24. The van der Waals surface area contributed by atoms with Crippen LogP contribution in [0.25, 0.3) is 0 Å². The molecule has 1 unspecified atom stereocenters. The molecule has 1 aliphatic heterocycles. The average molecular weight is 256 g/mol. The van der Waals surface area contributed by atoms with E-state index in [1.165, 1.54) is 12.1 Å². The maximum Gasteiger partial charge on any atom is 0.274 e. The summed E-state index contributed by atoms with van der Waals surface area (Å²) in [6.07, 6.45) is 2.15. The molecular formula is C11H13FN2O2S. The van der Waals surface area contributed by atoms with Crippen LogP contribution >= 0.6 is 11.8 Å². The van der Waals surface area contributed by atoms with Gasteiger partial charge in [0.1, 0.15) is 5.82 Å². The number of thioether (sulfide) groups is 1. The number of nitrogens with one attached hydrogen (secondary N) is 1. The first kappa shape index (κ1) is 12.2. The molecule has 1 aromatic carbocycles. The van der Waals surface area contributed by atoms with Crippen molar-refractivity contribution in [3.05, 3.63) is 34.1 Å². The SMILES string of the molecule is O=[N+]([O-])c1cc(F)cc(NC2CCCSC2)c1. The van der Waals surface area contributed by atoms with E-state index in [1.54, 1.807) is 0 Å². The second-order valence-corrected chi connectivity index (χ2v) is 5.16. The van der Waals surface area contributed by atoms with Crippen LogP contribution in [-0.2, 0) is 0 Å². The molecule has 1 fully saturated rings. The second kappa shape index (κ2) is 5.35. The lowest BCUT2D eigenvalue weighted by Crippen LogP contribution is -2.25. The maximum absolute atomic E-state index is 13.2. The molecule has 6 heteroatoms. The molecule has 1 heterocycles. The number of rotatable bonds is 3. The molecule has 0 aromatic heterocycles. The molecule has 1 atom stereocenters. The maximum atomic E-state index is 13.2. The van der Waals surface area contributed by atoms with Crippen LogP contribution in [0.15, 0.2) is 18.2 Å². The second-order valence-electron chi connectivity index (χ2n) is 4.01. The minimum Gasteiger partial charge on any atom is -0.381 e. The summed E-state index contributed by atoms with van der Waals surface area (Å²) in [6, 6.07) is 3.88. The van der Waals surface area contributed by atoms with E-state index >= 15 is 0 Å². The van der Waals surface area contributed by atoms with E-state index in [-0.39, 0.29) is 11.7 Å². The fourth-order valence-electron chi connectivity index (χ4n) is 1.85. The van der Waals surface area contributed by atoms with Crippen molar-refractivity contribution in [1.82, 2.24) is 0 Å². The van der Waals surface area contributed by atoms with Crippen LogP contribution in [0.2, 0.25) is 0 Å². The summed E-state index contributed by atoms with van der Waals surface area (Å²) >= 11 is 1.85. The topological polar surface area (TPSA) is 55.2 Å². The molecule has 2 rings (SSSR count). The van der Waals surface area contributed by atoms with Crippen LogP contribution in [0, 0.1) is 15.9 Å². The van der Waals surface area contributed by atoms with Crippen LogP contribution in [-0.4, -0.2) is 22.5 Å². The predicted octanol–water partition coefficient (Wildman–Crippen LogP) is 3.04. The molecule has 1 aromatic rings. The monoisotopic (exact) mass is 256 g/mol. The van der Waals surface area contributed by atoms with Gasteiger partial charge in [0.2, 0.25) is 0 Å². The van der Waals surface area contributed by atoms with E-state index in [1.807, 2.05) is 11.8 Å². The fraction of sp³-hybridized carbons (Fsp3) is 0.455. The molecule has 0 amide bonds. The zero-order valence-electron chi connectivity index (χ0n) is 9.19. The largest absolute Gasteiger partial charge is 0.381 e. The van der Waals surface area contributed by atoms with Gasteiger partial charge < -0.3 is 5.32 Å². The summed E-state index contributed by atoms with van der Waals surface area (Å²) in [7, 11) is 0.